The molecule has 1 aliphatic carbocycles. The Hall–Kier alpha value is -2.82. The predicted octanol–water partition coefficient (Wildman–Crippen LogP) is 5.29. The number of aromatic hydroxyl groups is 1. The Kier molecular flexibility index (Phi) is 4.03. The lowest BCUT2D eigenvalue weighted by Gasteiger charge is -2.17. The molecule has 0 radical (unpaired) electrons. The zero-order chi connectivity index (χ0) is 20.3. The summed E-state index contributed by atoms with van der Waals surface area (Å²) >= 11 is 0. The molecule has 1 amide bonds. The zero-order valence-electron chi connectivity index (χ0n) is 16.6. The molecular formula is C23H25FN2O2. The van der Waals surface area contributed by atoms with Crippen LogP contribution >= 0.6 is 0 Å². The number of amides is 1. The number of hydrogen-bond donors (Lipinski definition) is 3. The van der Waals surface area contributed by atoms with Gasteiger partial charge in [0.1, 0.15) is 11.6 Å². The number of phenols is 1. The number of rotatable bonds is 3. The molecule has 1 saturated carbocycles. The molecule has 0 spiro atoms. The van der Waals surface area contributed by atoms with E-state index in [9.17, 15) is 14.3 Å². The maximum absolute atomic E-state index is 14.6. The van der Waals surface area contributed by atoms with Crippen molar-refractivity contribution in [2.75, 3.05) is 5.32 Å². The number of anilines is 1. The molecule has 0 aliphatic heterocycles. The lowest BCUT2D eigenvalue weighted by molar-refractivity contribution is -0.118. The molecule has 0 saturated heterocycles. The van der Waals surface area contributed by atoms with Gasteiger partial charge in [0.2, 0.25) is 5.91 Å². The van der Waals surface area contributed by atoms with Gasteiger partial charge in [0, 0.05) is 22.2 Å². The van der Waals surface area contributed by atoms with Gasteiger partial charge < -0.3 is 15.4 Å². The van der Waals surface area contributed by atoms with Crippen molar-refractivity contribution in [2.24, 2.45) is 0 Å². The minimum Gasteiger partial charge on any atom is -0.508 e. The van der Waals surface area contributed by atoms with Crippen LogP contribution in [0.5, 0.6) is 5.75 Å². The summed E-state index contributed by atoms with van der Waals surface area (Å²) in [5.41, 5.74) is 2.77. The molecular weight excluding hydrogens is 355 g/mol. The number of fused-ring (bicyclic) bond motifs is 1. The lowest BCUT2D eigenvalue weighted by Crippen LogP contribution is -2.27. The first-order valence-electron chi connectivity index (χ1n) is 9.54. The Balaban J connectivity index is 1.64. The topological polar surface area (TPSA) is 65.1 Å². The highest BCUT2D eigenvalue weighted by Gasteiger charge is 2.51. The fourth-order valence-electron chi connectivity index (χ4n) is 3.65. The summed E-state index contributed by atoms with van der Waals surface area (Å²) < 4.78 is 14.6. The molecule has 1 aliphatic rings. The van der Waals surface area contributed by atoms with Gasteiger partial charge in [-0.05, 0) is 55.2 Å². The minimum atomic E-state index is -0.599. The summed E-state index contributed by atoms with van der Waals surface area (Å²) in [5, 5.41) is 13.4. The SMILES string of the molecule is Cc1cc(C2(C(=O)Nc3cc(F)c4[nH]c(C(C)(C)C)cc4c3)CC2)ccc1O. The van der Waals surface area contributed by atoms with E-state index in [0.29, 0.717) is 11.2 Å². The molecule has 1 aromatic heterocycles. The summed E-state index contributed by atoms with van der Waals surface area (Å²) in [7, 11) is 0. The number of hydrogen-bond acceptors (Lipinski definition) is 2. The standard InChI is InChI=1S/C23H25FN2O2/c1-13-9-15(5-6-18(13)27)23(7-8-23)21(28)25-16-10-14-11-19(22(2,3)4)26-20(14)17(24)12-16/h5-6,9-12,26-27H,7-8H2,1-4H3,(H,25,28). The number of H-pyrrole nitrogens is 1. The second kappa shape index (κ2) is 6.09. The van der Waals surface area contributed by atoms with Crippen LogP contribution in [0.15, 0.2) is 36.4 Å². The quantitative estimate of drug-likeness (QED) is 0.578. The summed E-state index contributed by atoms with van der Waals surface area (Å²) in [6.45, 7) is 8.01. The third-order valence-corrected chi connectivity index (χ3v) is 5.68. The monoisotopic (exact) mass is 380 g/mol. The number of phenolic OH excluding ortho intramolecular Hbond substituents is 1. The molecule has 1 heterocycles. The third kappa shape index (κ3) is 3.05. The van der Waals surface area contributed by atoms with Gasteiger partial charge in [-0.25, -0.2) is 4.39 Å². The lowest BCUT2D eigenvalue weighted by atomic mass is 9.92. The Morgan fingerprint density at radius 1 is 1.18 bits per heavy atom. The number of aryl methyl sites for hydroxylation is 1. The minimum absolute atomic E-state index is 0.121. The number of benzene rings is 2. The molecule has 1 fully saturated rings. The summed E-state index contributed by atoms with van der Waals surface area (Å²) in [6, 6.07) is 10.4. The second-order valence-corrected chi connectivity index (χ2v) is 8.89. The Bertz CT molecular complexity index is 1090. The number of halogens is 1. The van der Waals surface area contributed by atoms with Crippen LogP contribution in [0.4, 0.5) is 10.1 Å². The van der Waals surface area contributed by atoms with E-state index in [0.717, 1.165) is 35.0 Å². The van der Waals surface area contributed by atoms with Crippen molar-refractivity contribution in [1.82, 2.24) is 4.98 Å². The Labute approximate surface area is 163 Å². The highest BCUT2D eigenvalue weighted by atomic mass is 19.1. The van der Waals surface area contributed by atoms with E-state index in [1.54, 1.807) is 18.2 Å². The molecule has 3 N–H and O–H groups in total. The van der Waals surface area contributed by atoms with E-state index in [1.807, 2.05) is 19.1 Å². The zero-order valence-corrected chi connectivity index (χ0v) is 16.6. The molecule has 0 atom stereocenters. The average molecular weight is 380 g/mol. The summed E-state index contributed by atoms with van der Waals surface area (Å²) in [6.07, 6.45) is 1.48. The first-order chi connectivity index (χ1) is 13.1. The third-order valence-electron chi connectivity index (χ3n) is 5.68. The number of nitrogens with one attached hydrogen (secondary N) is 2. The fourth-order valence-corrected chi connectivity index (χ4v) is 3.65. The van der Waals surface area contributed by atoms with E-state index >= 15 is 0 Å². The van der Waals surface area contributed by atoms with Crippen LogP contribution in [0.2, 0.25) is 0 Å². The van der Waals surface area contributed by atoms with Gasteiger partial charge >= 0.3 is 0 Å². The first-order valence-corrected chi connectivity index (χ1v) is 9.54. The highest BCUT2D eigenvalue weighted by molar-refractivity contribution is 6.02. The fraction of sp³-hybridized carbons (Fsp3) is 0.348. The maximum Gasteiger partial charge on any atom is 0.235 e. The van der Waals surface area contributed by atoms with Crippen LogP contribution in [-0.2, 0) is 15.6 Å². The Morgan fingerprint density at radius 3 is 2.50 bits per heavy atom. The van der Waals surface area contributed by atoms with Gasteiger partial charge in [0.25, 0.3) is 0 Å². The van der Waals surface area contributed by atoms with Crippen LogP contribution in [0, 0.1) is 12.7 Å². The molecule has 2 aromatic carbocycles. The molecule has 4 nitrogen and oxygen atoms in total. The van der Waals surface area contributed by atoms with Gasteiger partial charge in [0.05, 0.1) is 10.9 Å². The average Bonchev–Trinajstić information content (AvgIpc) is 3.29. The normalized spacial score (nSPS) is 15.6. The maximum atomic E-state index is 14.6. The first kappa shape index (κ1) is 18.5. The number of carbonyl (C=O) groups excluding carboxylic acids is 1. The van der Waals surface area contributed by atoms with Gasteiger partial charge in [-0.2, -0.15) is 0 Å². The smallest absolute Gasteiger partial charge is 0.235 e. The van der Waals surface area contributed by atoms with Gasteiger partial charge in [-0.15, -0.1) is 0 Å². The van der Waals surface area contributed by atoms with E-state index in [4.69, 9.17) is 0 Å². The van der Waals surface area contributed by atoms with Crippen molar-refractivity contribution in [3.8, 4) is 5.75 Å². The molecule has 0 unspecified atom stereocenters. The van der Waals surface area contributed by atoms with Gasteiger partial charge in [-0.1, -0.05) is 32.9 Å². The van der Waals surface area contributed by atoms with Crippen LogP contribution in [0.3, 0.4) is 0 Å². The summed E-state index contributed by atoms with van der Waals surface area (Å²) in [5.74, 6) is -0.300. The van der Waals surface area contributed by atoms with Crippen molar-refractivity contribution in [3.63, 3.8) is 0 Å². The number of aromatic nitrogens is 1. The molecule has 5 heteroatoms. The molecule has 146 valence electrons. The van der Waals surface area contributed by atoms with Gasteiger partial charge in [-0.3, -0.25) is 4.79 Å². The predicted molar refractivity (Wildman–Crippen MR) is 109 cm³/mol. The van der Waals surface area contributed by atoms with E-state index in [2.05, 4.69) is 31.1 Å². The van der Waals surface area contributed by atoms with Crippen LogP contribution in [0.1, 0.15) is 50.4 Å². The van der Waals surface area contributed by atoms with Crippen LogP contribution < -0.4 is 5.32 Å². The molecule has 4 rings (SSSR count). The Morgan fingerprint density at radius 2 is 1.89 bits per heavy atom. The van der Waals surface area contributed by atoms with Crippen molar-refractivity contribution in [3.05, 3.63) is 59.0 Å². The molecule has 28 heavy (non-hydrogen) atoms. The molecule has 0 bridgehead atoms. The van der Waals surface area contributed by atoms with Crippen molar-refractivity contribution in [1.29, 1.82) is 0 Å². The van der Waals surface area contributed by atoms with Crippen molar-refractivity contribution < 1.29 is 14.3 Å². The highest BCUT2D eigenvalue weighted by Crippen LogP contribution is 2.49. The second-order valence-electron chi connectivity index (χ2n) is 8.89. The van der Waals surface area contributed by atoms with Crippen molar-refractivity contribution in [2.45, 2.75) is 51.4 Å². The molecule has 3 aromatic rings. The largest absolute Gasteiger partial charge is 0.508 e. The number of aromatic amines is 1. The van der Waals surface area contributed by atoms with Crippen LogP contribution in [0.25, 0.3) is 10.9 Å². The van der Waals surface area contributed by atoms with Crippen LogP contribution in [-0.4, -0.2) is 16.0 Å². The van der Waals surface area contributed by atoms with E-state index in [-0.39, 0.29) is 22.9 Å². The summed E-state index contributed by atoms with van der Waals surface area (Å²) in [4.78, 5) is 16.2. The van der Waals surface area contributed by atoms with E-state index < -0.39 is 5.41 Å². The van der Waals surface area contributed by atoms with Gasteiger partial charge in [0.15, 0.2) is 0 Å². The number of carbonyl (C=O) groups is 1. The van der Waals surface area contributed by atoms with Crippen molar-refractivity contribution >= 4 is 22.5 Å². The van der Waals surface area contributed by atoms with E-state index in [1.165, 1.54) is 6.07 Å².